The van der Waals surface area contributed by atoms with Crippen molar-refractivity contribution in [3.05, 3.63) is 35.9 Å². The fraction of sp³-hybridized carbons (Fsp3) is 0.462. The number of hydrogen-bond donors (Lipinski definition) is 2. The number of amides is 1. The van der Waals surface area contributed by atoms with Gasteiger partial charge in [-0.1, -0.05) is 30.3 Å². The second-order valence-electron chi connectivity index (χ2n) is 4.19. The molecule has 2 N–H and O–H groups in total. The van der Waals surface area contributed by atoms with Gasteiger partial charge < -0.3 is 10.6 Å². The minimum atomic E-state index is 0. The minimum Gasteiger partial charge on any atom is -0.352 e. The van der Waals surface area contributed by atoms with Gasteiger partial charge in [-0.15, -0.1) is 12.4 Å². The van der Waals surface area contributed by atoms with Crippen molar-refractivity contribution in [1.29, 1.82) is 0 Å². The molecular weight excluding hydrogens is 268 g/mol. The van der Waals surface area contributed by atoms with Crippen molar-refractivity contribution in [2.24, 2.45) is 0 Å². The molecule has 0 bridgehead atoms. The van der Waals surface area contributed by atoms with E-state index < -0.39 is 0 Å². The molecule has 3 nitrogen and oxygen atoms in total. The van der Waals surface area contributed by atoms with Crippen LogP contribution in [0.2, 0.25) is 0 Å². The molecule has 100 valence electrons. The van der Waals surface area contributed by atoms with Gasteiger partial charge in [-0.05, 0) is 5.56 Å². The lowest BCUT2D eigenvalue weighted by Gasteiger charge is -2.22. The Morgan fingerprint density at radius 3 is 2.83 bits per heavy atom. The predicted octanol–water partition coefficient (Wildman–Crippen LogP) is 1.82. The number of halogens is 1. The molecule has 1 aromatic carbocycles. The third-order valence-corrected chi connectivity index (χ3v) is 3.89. The van der Waals surface area contributed by atoms with Crippen molar-refractivity contribution in [3.8, 4) is 0 Å². The molecule has 1 atom stereocenters. The minimum absolute atomic E-state index is 0. The van der Waals surface area contributed by atoms with Gasteiger partial charge in [0.25, 0.3) is 0 Å². The number of carbonyl (C=O) groups excluding carboxylic acids is 1. The lowest BCUT2D eigenvalue weighted by Crippen LogP contribution is -2.41. The van der Waals surface area contributed by atoms with Crippen LogP contribution in [-0.4, -0.2) is 30.0 Å². The van der Waals surface area contributed by atoms with Gasteiger partial charge in [0.2, 0.25) is 5.91 Å². The summed E-state index contributed by atoms with van der Waals surface area (Å²) in [7, 11) is 0. The topological polar surface area (TPSA) is 41.1 Å². The quantitative estimate of drug-likeness (QED) is 0.887. The van der Waals surface area contributed by atoms with E-state index in [0.29, 0.717) is 19.0 Å². The molecule has 1 heterocycles. The van der Waals surface area contributed by atoms with Crippen LogP contribution in [0.15, 0.2) is 30.3 Å². The third kappa shape index (κ3) is 5.29. The van der Waals surface area contributed by atoms with E-state index >= 15 is 0 Å². The molecule has 0 aliphatic carbocycles. The Morgan fingerprint density at radius 2 is 2.17 bits per heavy atom. The predicted molar refractivity (Wildman–Crippen MR) is 79.3 cm³/mol. The molecule has 1 aliphatic heterocycles. The van der Waals surface area contributed by atoms with Crippen molar-refractivity contribution < 1.29 is 4.79 Å². The average Bonchev–Trinajstić information content (AvgIpc) is 2.39. The zero-order valence-corrected chi connectivity index (χ0v) is 11.9. The Hall–Kier alpha value is -0.710. The summed E-state index contributed by atoms with van der Waals surface area (Å²) in [6.45, 7) is 1.64. The van der Waals surface area contributed by atoms with Crippen molar-refractivity contribution in [3.63, 3.8) is 0 Å². The van der Waals surface area contributed by atoms with Crippen LogP contribution in [0.5, 0.6) is 0 Å². The molecule has 1 aromatic rings. The number of rotatable bonds is 4. The second-order valence-corrected chi connectivity index (χ2v) is 5.34. The second kappa shape index (κ2) is 8.40. The van der Waals surface area contributed by atoms with E-state index in [2.05, 4.69) is 10.6 Å². The van der Waals surface area contributed by atoms with Crippen LogP contribution in [0.3, 0.4) is 0 Å². The smallest absolute Gasteiger partial charge is 0.221 e. The molecule has 2 rings (SSSR count). The molecule has 0 radical (unpaired) electrons. The van der Waals surface area contributed by atoms with Crippen molar-refractivity contribution in [2.45, 2.75) is 19.0 Å². The van der Waals surface area contributed by atoms with E-state index in [1.807, 2.05) is 42.1 Å². The van der Waals surface area contributed by atoms with Crippen LogP contribution in [0.1, 0.15) is 12.0 Å². The maximum Gasteiger partial charge on any atom is 0.221 e. The van der Waals surface area contributed by atoms with E-state index in [1.165, 1.54) is 0 Å². The number of nitrogens with one attached hydrogen (secondary N) is 2. The highest BCUT2D eigenvalue weighted by Gasteiger charge is 2.16. The zero-order chi connectivity index (χ0) is 11.9. The summed E-state index contributed by atoms with van der Waals surface area (Å²) in [5, 5.41) is 6.32. The Kier molecular flexibility index (Phi) is 7.16. The van der Waals surface area contributed by atoms with Gasteiger partial charge in [0, 0.05) is 37.1 Å². The number of benzene rings is 1. The molecule has 1 aliphatic rings. The van der Waals surface area contributed by atoms with Crippen LogP contribution < -0.4 is 10.6 Å². The van der Waals surface area contributed by atoms with Gasteiger partial charge in [0.1, 0.15) is 0 Å². The molecule has 0 spiro atoms. The van der Waals surface area contributed by atoms with Crippen molar-refractivity contribution >= 4 is 30.1 Å². The third-order valence-electron chi connectivity index (χ3n) is 2.76. The van der Waals surface area contributed by atoms with E-state index in [1.54, 1.807) is 0 Å². The lowest BCUT2D eigenvalue weighted by molar-refractivity contribution is -0.121. The summed E-state index contributed by atoms with van der Waals surface area (Å²) < 4.78 is 0. The summed E-state index contributed by atoms with van der Waals surface area (Å²) in [5.41, 5.74) is 1.15. The summed E-state index contributed by atoms with van der Waals surface area (Å²) in [6.07, 6.45) is 0.583. The molecule has 1 unspecified atom stereocenters. The van der Waals surface area contributed by atoms with E-state index in [-0.39, 0.29) is 18.3 Å². The highest BCUT2D eigenvalue weighted by atomic mass is 35.5. The SMILES string of the molecule is Cl.O=C(CC1CSCCN1)NCc1ccccc1. The molecule has 18 heavy (non-hydrogen) atoms. The van der Waals surface area contributed by atoms with Gasteiger partial charge in [-0.3, -0.25) is 4.79 Å². The van der Waals surface area contributed by atoms with Gasteiger partial charge in [0.15, 0.2) is 0 Å². The van der Waals surface area contributed by atoms with Gasteiger partial charge in [-0.2, -0.15) is 11.8 Å². The average molecular weight is 287 g/mol. The van der Waals surface area contributed by atoms with Crippen molar-refractivity contribution in [1.82, 2.24) is 10.6 Å². The largest absolute Gasteiger partial charge is 0.352 e. The molecule has 5 heteroatoms. The van der Waals surface area contributed by atoms with Gasteiger partial charge in [-0.25, -0.2) is 0 Å². The van der Waals surface area contributed by atoms with Crippen LogP contribution in [0, 0.1) is 0 Å². The Bertz CT molecular complexity index is 355. The van der Waals surface area contributed by atoms with Crippen LogP contribution in [0.4, 0.5) is 0 Å². The highest BCUT2D eigenvalue weighted by Crippen LogP contribution is 2.10. The fourth-order valence-corrected chi connectivity index (χ4v) is 2.79. The first-order valence-corrected chi connectivity index (χ1v) is 7.12. The lowest BCUT2D eigenvalue weighted by atomic mass is 10.2. The normalized spacial score (nSPS) is 18.8. The van der Waals surface area contributed by atoms with Crippen LogP contribution >= 0.6 is 24.2 Å². The Morgan fingerprint density at radius 1 is 1.39 bits per heavy atom. The number of hydrogen-bond acceptors (Lipinski definition) is 3. The summed E-state index contributed by atoms with van der Waals surface area (Å²) >= 11 is 1.92. The first-order valence-electron chi connectivity index (χ1n) is 5.96. The fourth-order valence-electron chi connectivity index (χ4n) is 1.84. The van der Waals surface area contributed by atoms with E-state index in [9.17, 15) is 4.79 Å². The first-order chi connectivity index (χ1) is 8.34. The van der Waals surface area contributed by atoms with Gasteiger partial charge in [0.05, 0.1) is 0 Å². The van der Waals surface area contributed by atoms with Crippen molar-refractivity contribution in [2.75, 3.05) is 18.1 Å². The highest BCUT2D eigenvalue weighted by molar-refractivity contribution is 7.99. The standard InChI is InChI=1S/C13H18N2OS.ClH/c16-13(8-12-10-17-7-6-14-12)15-9-11-4-2-1-3-5-11;/h1-5,12,14H,6-10H2,(H,15,16);1H. The van der Waals surface area contributed by atoms with Crippen LogP contribution in [0.25, 0.3) is 0 Å². The monoisotopic (exact) mass is 286 g/mol. The number of carbonyl (C=O) groups is 1. The summed E-state index contributed by atoms with van der Waals surface area (Å²) in [4.78, 5) is 11.7. The first kappa shape index (κ1) is 15.3. The Balaban J connectivity index is 0.00000162. The molecule has 1 amide bonds. The maximum atomic E-state index is 11.7. The summed E-state index contributed by atoms with van der Waals surface area (Å²) in [5.74, 6) is 2.33. The Labute approximate surface area is 119 Å². The molecular formula is C13H19ClN2OS. The molecule has 1 saturated heterocycles. The zero-order valence-electron chi connectivity index (χ0n) is 10.2. The number of thioether (sulfide) groups is 1. The van der Waals surface area contributed by atoms with Crippen LogP contribution in [-0.2, 0) is 11.3 Å². The summed E-state index contributed by atoms with van der Waals surface area (Å²) in [6, 6.07) is 10.3. The van der Waals surface area contributed by atoms with E-state index in [4.69, 9.17) is 0 Å². The maximum absolute atomic E-state index is 11.7. The molecule has 1 fully saturated rings. The van der Waals surface area contributed by atoms with E-state index in [0.717, 1.165) is 23.6 Å². The van der Waals surface area contributed by atoms with Gasteiger partial charge >= 0.3 is 0 Å². The molecule has 0 aromatic heterocycles. The molecule has 0 saturated carbocycles.